The molecule has 0 radical (unpaired) electrons. The van der Waals surface area contributed by atoms with Crippen LogP contribution >= 0.6 is 11.6 Å². The fourth-order valence-corrected chi connectivity index (χ4v) is 3.01. The molecule has 2 amide bonds. The smallest absolute Gasteiger partial charge is 0.313 e. The number of nitrogens with one attached hydrogen (secondary N) is 1. The lowest BCUT2D eigenvalue weighted by Crippen LogP contribution is -2.51. The van der Waals surface area contributed by atoms with Gasteiger partial charge >= 0.3 is 11.8 Å². The number of ether oxygens (including phenoxy) is 1. The van der Waals surface area contributed by atoms with Crippen LogP contribution in [0.5, 0.6) is 5.75 Å². The van der Waals surface area contributed by atoms with Gasteiger partial charge in [-0.15, -0.1) is 0 Å². The lowest BCUT2D eigenvalue weighted by atomic mass is 10.2. The first-order chi connectivity index (χ1) is 12.6. The van der Waals surface area contributed by atoms with Crippen molar-refractivity contribution in [3.05, 3.63) is 47.6 Å². The van der Waals surface area contributed by atoms with Gasteiger partial charge in [0.05, 0.1) is 12.1 Å². The van der Waals surface area contributed by atoms with Crippen molar-refractivity contribution >= 4 is 34.9 Å². The maximum Gasteiger partial charge on any atom is 0.313 e. The molecule has 0 bridgehead atoms. The van der Waals surface area contributed by atoms with E-state index in [-0.39, 0.29) is 0 Å². The van der Waals surface area contributed by atoms with Gasteiger partial charge < -0.3 is 19.9 Å². The molecule has 2 aromatic rings. The molecule has 1 aromatic carbocycles. The van der Waals surface area contributed by atoms with Gasteiger partial charge in [-0.3, -0.25) is 9.59 Å². The molecule has 2 heterocycles. The maximum absolute atomic E-state index is 12.4. The molecule has 1 fully saturated rings. The van der Waals surface area contributed by atoms with Crippen LogP contribution in [-0.2, 0) is 9.59 Å². The molecule has 0 unspecified atom stereocenters. The highest BCUT2D eigenvalue weighted by Gasteiger charge is 2.26. The fourth-order valence-electron chi connectivity index (χ4n) is 2.75. The highest BCUT2D eigenvalue weighted by Crippen LogP contribution is 2.27. The van der Waals surface area contributed by atoms with Crippen molar-refractivity contribution in [1.29, 1.82) is 0 Å². The van der Waals surface area contributed by atoms with Gasteiger partial charge in [0.15, 0.2) is 0 Å². The number of anilines is 2. The van der Waals surface area contributed by atoms with E-state index in [1.807, 2.05) is 18.2 Å². The maximum atomic E-state index is 12.4. The Bertz CT molecular complexity index is 792. The van der Waals surface area contributed by atoms with Gasteiger partial charge in [0.2, 0.25) is 0 Å². The molecule has 26 heavy (non-hydrogen) atoms. The van der Waals surface area contributed by atoms with E-state index in [9.17, 15) is 9.59 Å². The zero-order chi connectivity index (χ0) is 18.5. The quantitative estimate of drug-likeness (QED) is 0.832. The number of amides is 2. The van der Waals surface area contributed by atoms with Gasteiger partial charge in [0, 0.05) is 38.1 Å². The van der Waals surface area contributed by atoms with Crippen LogP contribution in [0.4, 0.5) is 11.5 Å². The topological polar surface area (TPSA) is 74.8 Å². The molecule has 1 aliphatic heterocycles. The number of pyridine rings is 1. The zero-order valence-corrected chi connectivity index (χ0v) is 15.1. The van der Waals surface area contributed by atoms with Crippen molar-refractivity contribution in [1.82, 2.24) is 9.88 Å². The zero-order valence-electron chi connectivity index (χ0n) is 14.3. The largest absolute Gasteiger partial charge is 0.495 e. The predicted molar refractivity (Wildman–Crippen MR) is 99.7 cm³/mol. The van der Waals surface area contributed by atoms with Gasteiger partial charge in [-0.05, 0) is 30.3 Å². The molecule has 1 aromatic heterocycles. The number of rotatable bonds is 3. The van der Waals surface area contributed by atoms with Crippen molar-refractivity contribution in [3.63, 3.8) is 0 Å². The van der Waals surface area contributed by atoms with Gasteiger partial charge in [-0.25, -0.2) is 4.98 Å². The number of nitrogens with zero attached hydrogens (tertiary/aromatic N) is 3. The summed E-state index contributed by atoms with van der Waals surface area (Å²) in [6.07, 6.45) is 1.74. The van der Waals surface area contributed by atoms with Crippen molar-refractivity contribution in [2.75, 3.05) is 43.5 Å². The average Bonchev–Trinajstić information content (AvgIpc) is 2.68. The van der Waals surface area contributed by atoms with Crippen LogP contribution in [0.1, 0.15) is 0 Å². The summed E-state index contributed by atoms with van der Waals surface area (Å²) >= 11 is 6.03. The molecule has 0 atom stereocenters. The number of aromatic nitrogens is 1. The van der Waals surface area contributed by atoms with Crippen molar-refractivity contribution in [3.8, 4) is 5.75 Å². The van der Waals surface area contributed by atoms with Crippen LogP contribution in [0.2, 0.25) is 5.02 Å². The Morgan fingerprint density at radius 3 is 2.54 bits per heavy atom. The first kappa shape index (κ1) is 18.0. The number of halogens is 1. The third-order valence-electron chi connectivity index (χ3n) is 4.14. The van der Waals surface area contributed by atoms with Crippen LogP contribution in [0.15, 0.2) is 42.6 Å². The third-order valence-corrected chi connectivity index (χ3v) is 4.44. The second-order valence-electron chi connectivity index (χ2n) is 5.77. The Kier molecular flexibility index (Phi) is 5.58. The lowest BCUT2D eigenvalue weighted by Gasteiger charge is -2.34. The lowest BCUT2D eigenvalue weighted by molar-refractivity contribution is -0.143. The van der Waals surface area contributed by atoms with E-state index < -0.39 is 11.8 Å². The van der Waals surface area contributed by atoms with Gasteiger partial charge in [-0.2, -0.15) is 0 Å². The Labute approximate surface area is 156 Å². The number of methoxy groups -OCH3 is 1. The Morgan fingerprint density at radius 2 is 1.92 bits per heavy atom. The molecule has 7 nitrogen and oxygen atoms in total. The summed E-state index contributed by atoms with van der Waals surface area (Å²) in [5.41, 5.74) is 0.446. The second-order valence-corrected chi connectivity index (χ2v) is 6.18. The first-order valence-corrected chi connectivity index (χ1v) is 8.56. The van der Waals surface area contributed by atoms with Crippen LogP contribution in [0.3, 0.4) is 0 Å². The number of piperazine rings is 1. The molecule has 1 N–H and O–H groups in total. The average molecular weight is 375 g/mol. The summed E-state index contributed by atoms with van der Waals surface area (Å²) in [5, 5.41) is 2.94. The predicted octanol–water partition coefficient (Wildman–Crippen LogP) is 2.03. The summed E-state index contributed by atoms with van der Waals surface area (Å²) in [7, 11) is 1.51. The van der Waals surface area contributed by atoms with Gasteiger partial charge in [0.25, 0.3) is 0 Å². The molecule has 1 saturated heterocycles. The van der Waals surface area contributed by atoms with Gasteiger partial charge in [0.1, 0.15) is 11.6 Å². The van der Waals surface area contributed by atoms with Crippen LogP contribution < -0.4 is 15.0 Å². The standard InChI is InChI=1S/C18H19ClN4O3/c1-26-15-6-5-13(12-14(15)19)21-17(24)18(25)23-10-8-22(9-11-23)16-4-2-3-7-20-16/h2-7,12H,8-11H2,1H3,(H,21,24). The SMILES string of the molecule is COc1ccc(NC(=O)C(=O)N2CCN(c3ccccn3)CC2)cc1Cl. The molecule has 0 spiro atoms. The summed E-state index contributed by atoms with van der Waals surface area (Å²) in [6, 6.07) is 10.5. The minimum atomic E-state index is -0.683. The van der Waals surface area contributed by atoms with E-state index >= 15 is 0 Å². The van der Waals surface area contributed by atoms with Crippen LogP contribution in [0.25, 0.3) is 0 Å². The summed E-state index contributed by atoms with van der Waals surface area (Å²) in [6.45, 7) is 2.19. The Hall–Kier alpha value is -2.80. The highest BCUT2D eigenvalue weighted by molar-refractivity contribution is 6.39. The van der Waals surface area contributed by atoms with E-state index in [1.54, 1.807) is 29.3 Å². The van der Waals surface area contributed by atoms with E-state index in [2.05, 4.69) is 15.2 Å². The number of hydrogen-bond donors (Lipinski definition) is 1. The summed E-state index contributed by atoms with van der Waals surface area (Å²) in [5.74, 6) is 0.133. The monoisotopic (exact) mass is 374 g/mol. The van der Waals surface area contributed by atoms with E-state index in [1.165, 1.54) is 7.11 Å². The number of carbonyl (C=O) groups is 2. The van der Waals surface area contributed by atoms with Crippen LogP contribution in [-0.4, -0.2) is 55.0 Å². The van der Waals surface area contributed by atoms with E-state index in [0.29, 0.717) is 42.6 Å². The molecule has 0 saturated carbocycles. The Balaban J connectivity index is 1.56. The number of benzene rings is 1. The van der Waals surface area contributed by atoms with Crippen molar-refractivity contribution in [2.24, 2.45) is 0 Å². The summed E-state index contributed by atoms with van der Waals surface area (Å²) < 4.78 is 5.06. The molecule has 1 aliphatic rings. The van der Waals surface area contributed by atoms with E-state index in [4.69, 9.17) is 16.3 Å². The molecule has 8 heteroatoms. The molecule has 0 aliphatic carbocycles. The molecule has 136 valence electrons. The van der Waals surface area contributed by atoms with Crippen LogP contribution in [0, 0.1) is 0 Å². The normalized spacial score (nSPS) is 14.1. The number of hydrogen-bond acceptors (Lipinski definition) is 5. The minimum Gasteiger partial charge on any atom is -0.495 e. The molecular weight excluding hydrogens is 356 g/mol. The van der Waals surface area contributed by atoms with Gasteiger partial charge in [-0.1, -0.05) is 17.7 Å². The third kappa shape index (κ3) is 4.05. The molecule has 3 rings (SSSR count). The first-order valence-electron chi connectivity index (χ1n) is 8.18. The highest BCUT2D eigenvalue weighted by atomic mass is 35.5. The van der Waals surface area contributed by atoms with Crippen molar-refractivity contribution in [2.45, 2.75) is 0 Å². The second kappa shape index (κ2) is 8.05. The van der Waals surface area contributed by atoms with E-state index in [0.717, 1.165) is 5.82 Å². The molecular formula is C18H19ClN4O3. The minimum absolute atomic E-state index is 0.363. The fraction of sp³-hybridized carbons (Fsp3) is 0.278. The van der Waals surface area contributed by atoms with Crippen molar-refractivity contribution < 1.29 is 14.3 Å². The number of carbonyl (C=O) groups excluding carboxylic acids is 2. The summed E-state index contributed by atoms with van der Waals surface area (Å²) in [4.78, 5) is 32.5. The Morgan fingerprint density at radius 1 is 1.15 bits per heavy atom.